The van der Waals surface area contributed by atoms with Crippen molar-refractivity contribution >= 4 is 12.0 Å². The summed E-state index contributed by atoms with van der Waals surface area (Å²) in [5.74, 6) is 0.00778. The van der Waals surface area contributed by atoms with Crippen molar-refractivity contribution in [3.63, 3.8) is 0 Å². The van der Waals surface area contributed by atoms with Gasteiger partial charge in [0, 0.05) is 13.1 Å². The van der Waals surface area contributed by atoms with E-state index < -0.39 is 17.7 Å². The highest BCUT2D eigenvalue weighted by Gasteiger charge is 2.36. The molecule has 1 fully saturated rings. The first-order valence-electron chi connectivity index (χ1n) is 7.81. The standard InChI is InChI=1S/C17H24N2O4/c1-17(2,3)23-16(22)19-10-4-5-14(19)15(21)18-11-12-6-8-13(20)9-7-12/h6-9,14,20H,4-5,10-11H2,1-3H3,(H,18,21). The molecule has 1 aromatic carbocycles. The number of aromatic hydroxyl groups is 1. The summed E-state index contributed by atoms with van der Waals surface area (Å²) in [6.07, 6.45) is 0.983. The quantitative estimate of drug-likeness (QED) is 0.896. The smallest absolute Gasteiger partial charge is 0.410 e. The molecular weight excluding hydrogens is 296 g/mol. The van der Waals surface area contributed by atoms with E-state index in [1.807, 2.05) is 0 Å². The second-order valence-electron chi connectivity index (χ2n) is 6.72. The molecule has 0 aromatic heterocycles. The zero-order valence-corrected chi connectivity index (χ0v) is 13.8. The van der Waals surface area contributed by atoms with Gasteiger partial charge in [-0.1, -0.05) is 12.1 Å². The van der Waals surface area contributed by atoms with Gasteiger partial charge in [-0.3, -0.25) is 9.69 Å². The predicted octanol–water partition coefficient (Wildman–Crippen LogP) is 2.41. The molecule has 1 atom stereocenters. The van der Waals surface area contributed by atoms with Crippen LogP contribution in [-0.4, -0.2) is 40.2 Å². The fourth-order valence-corrected chi connectivity index (χ4v) is 2.50. The molecule has 0 aliphatic carbocycles. The number of phenols is 1. The number of ether oxygens (including phenoxy) is 1. The maximum Gasteiger partial charge on any atom is 0.410 e. The van der Waals surface area contributed by atoms with Gasteiger partial charge in [-0.15, -0.1) is 0 Å². The van der Waals surface area contributed by atoms with E-state index in [1.54, 1.807) is 45.0 Å². The molecule has 2 rings (SSSR count). The third kappa shape index (κ3) is 4.87. The van der Waals surface area contributed by atoms with Crippen molar-refractivity contribution in [1.82, 2.24) is 10.2 Å². The predicted molar refractivity (Wildman–Crippen MR) is 85.9 cm³/mol. The number of phenolic OH excluding ortho intramolecular Hbond substituents is 1. The van der Waals surface area contributed by atoms with E-state index in [2.05, 4.69) is 5.32 Å². The summed E-state index contributed by atoms with van der Waals surface area (Å²) >= 11 is 0. The Hall–Kier alpha value is -2.24. The SMILES string of the molecule is CC(C)(C)OC(=O)N1CCCC1C(=O)NCc1ccc(O)cc1. The van der Waals surface area contributed by atoms with Gasteiger partial charge < -0.3 is 15.2 Å². The summed E-state index contributed by atoms with van der Waals surface area (Å²) in [7, 11) is 0. The Morgan fingerprint density at radius 1 is 1.30 bits per heavy atom. The van der Waals surface area contributed by atoms with Crippen LogP contribution in [0.4, 0.5) is 4.79 Å². The molecule has 1 aliphatic rings. The zero-order chi connectivity index (χ0) is 17.0. The number of carbonyl (C=O) groups is 2. The highest BCUT2D eigenvalue weighted by molar-refractivity contribution is 5.86. The Labute approximate surface area is 136 Å². The Bertz CT molecular complexity index is 563. The molecular formula is C17H24N2O4. The molecule has 1 unspecified atom stereocenters. The van der Waals surface area contributed by atoms with E-state index in [1.165, 1.54) is 4.90 Å². The number of carbonyl (C=O) groups excluding carboxylic acids is 2. The minimum atomic E-state index is -0.577. The Morgan fingerprint density at radius 2 is 1.96 bits per heavy atom. The zero-order valence-electron chi connectivity index (χ0n) is 13.8. The molecule has 0 spiro atoms. The lowest BCUT2D eigenvalue weighted by molar-refractivity contribution is -0.125. The maximum atomic E-state index is 12.4. The van der Waals surface area contributed by atoms with Crippen molar-refractivity contribution in [1.29, 1.82) is 0 Å². The van der Waals surface area contributed by atoms with Crippen LogP contribution >= 0.6 is 0 Å². The molecule has 1 saturated heterocycles. The van der Waals surface area contributed by atoms with Crippen LogP contribution in [-0.2, 0) is 16.1 Å². The first-order valence-corrected chi connectivity index (χ1v) is 7.81. The number of rotatable bonds is 3. The van der Waals surface area contributed by atoms with Crippen LogP contribution in [0.2, 0.25) is 0 Å². The van der Waals surface area contributed by atoms with Crippen molar-refractivity contribution in [3.8, 4) is 5.75 Å². The third-order valence-electron chi connectivity index (χ3n) is 3.59. The average molecular weight is 320 g/mol. The summed E-state index contributed by atoms with van der Waals surface area (Å²) < 4.78 is 5.36. The molecule has 6 nitrogen and oxygen atoms in total. The Kier molecular flexibility index (Phi) is 5.13. The van der Waals surface area contributed by atoms with Crippen LogP contribution in [0.5, 0.6) is 5.75 Å². The minimum Gasteiger partial charge on any atom is -0.508 e. The largest absolute Gasteiger partial charge is 0.508 e. The number of benzene rings is 1. The fraction of sp³-hybridized carbons (Fsp3) is 0.529. The highest BCUT2D eigenvalue weighted by atomic mass is 16.6. The molecule has 1 heterocycles. The van der Waals surface area contributed by atoms with E-state index in [-0.39, 0.29) is 11.7 Å². The molecule has 1 aliphatic heterocycles. The molecule has 23 heavy (non-hydrogen) atoms. The van der Waals surface area contributed by atoms with Crippen LogP contribution in [0.15, 0.2) is 24.3 Å². The van der Waals surface area contributed by atoms with Gasteiger partial charge in [0.2, 0.25) is 5.91 Å². The molecule has 0 bridgehead atoms. The van der Waals surface area contributed by atoms with Gasteiger partial charge in [-0.2, -0.15) is 0 Å². The van der Waals surface area contributed by atoms with Crippen LogP contribution in [0, 0.1) is 0 Å². The Balaban J connectivity index is 1.92. The van der Waals surface area contributed by atoms with Crippen molar-refractivity contribution in [3.05, 3.63) is 29.8 Å². The van der Waals surface area contributed by atoms with Gasteiger partial charge in [0.1, 0.15) is 17.4 Å². The van der Waals surface area contributed by atoms with Crippen LogP contribution in [0.3, 0.4) is 0 Å². The second-order valence-corrected chi connectivity index (χ2v) is 6.72. The summed E-state index contributed by atoms with van der Waals surface area (Å²) in [4.78, 5) is 26.0. The number of amides is 2. The van der Waals surface area contributed by atoms with Gasteiger partial charge in [0.05, 0.1) is 0 Å². The van der Waals surface area contributed by atoms with Crippen molar-refractivity contribution < 1.29 is 19.4 Å². The third-order valence-corrected chi connectivity index (χ3v) is 3.59. The topological polar surface area (TPSA) is 78.9 Å². The van der Waals surface area contributed by atoms with E-state index in [4.69, 9.17) is 4.74 Å². The Morgan fingerprint density at radius 3 is 2.57 bits per heavy atom. The molecule has 1 aromatic rings. The number of nitrogens with one attached hydrogen (secondary N) is 1. The lowest BCUT2D eigenvalue weighted by Gasteiger charge is -2.28. The fourth-order valence-electron chi connectivity index (χ4n) is 2.50. The first kappa shape index (κ1) is 17.1. The maximum absolute atomic E-state index is 12.4. The lowest BCUT2D eigenvalue weighted by Crippen LogP contribution is -2.47. The van der Waals surface area contributed by atoms with Crippen LogP contribution < -0.4 is 5.32 Å². The summed E-state index contributed by atoms with van der Waals surface area (Å²) in [5.41, 5.74) is 0.310. The summed E-state index contributed by atoms with van der Waals surface area (Å²) in [5, 5.41) is 12.1. The van der Waals surface area contributed by atoms with Crippen molar-refractivity contribution in [2.75, 3.05) is 6.54 Å². The normalized spacial score (nSPS) is 17.9. The highest BCUT2D eigenvalue weighted by Crippen LogP contribution is 2.21. The van der Waals surface area contributed by atoms with Gasteiger partial charge in [0.25, 0.3) is 0 Å². The summed E-state index contributed by atoms with van der Waals surface area (Å²) in [6, 6.07) is 6.15. The number of likely N-dealkylation sites (tertiary alicyclic amines) is 1. The van der Waals surface area contributed by atoms with Crippen LogP contribution in [0.1, 0.15) is 39.2 Å². The molecule has 2 amide bonds. The van der Waals surface area contributed by atoms with E-state index in [0.717, 1.165) is 12.0 Å². The van der Waals surface area contributed by atoms with E-state index >= 15 is 0 Å². The van der Waals surface area contributed by atoms with Crippen LogP contribution in [0.25, 0.3) is 0 Å². The molecule has 0 saturated carbocycles. The van der Waals surface area contributed by atoms with Crippen molar-refractivity contribution in [2.45, 2.75) is 51.8 Å². The minimum absolute atomic E-state index is 0.179. The molecule has 126 valence electrons. The number of hydrogen-bond donors (Lipinski definition) is 2. The number of nitrogens with zero attached hydrogens (tertiary/aromatic N) is 1. The summed E-state index contributed by atoms with van der Waals surface area (Å²) in [6.45, 7) is 6.31. The van der Waals surface area contributed by atoms with Gasteiger partial charge in [-0.25, -0.2) is 4.79 Å². The molecule has 6 heteroatoms. The monoisotopic (exact) mass is 320 g/mol. The molecule has 0 radical (unpaired) electrons. The van der Waals surface area contributed by atoms with E-state index in [9.17, 15) is 14.7 Å². The average Bonchev–Trinajstić information content (AvgIpc) is 2.94. The van der Waals surface area contributed by atoms with Gasteiger partial charge >= 0.3 is 6.09 Å². The second kappa shape index (κ2) is 6.89. The van der Waals surface area contributed by atoms with E-state index in [0.29, 0.717) is 19.5 Å². The molecule has 2 N–H and O–H groups in total. The van der Waals surface area contributed by atoms with Gasteiger partial charge in [-0.05, 0) is 51.3 Å². The number of hydrogen-bond acceptors (Lipinski definition) is 4. The lowest BCUT2D eigenvalue weighted by atomic mass is 10.2. The first-order chi connectivity index (χ1) is 10.8. The van der Waals surface area contributed by atoms with Crippen molar-refractivity contribution in [2.24, 2.45) is 0 Å². The van der Waals surface area contributed by atoms with Gasteiger partial charge in [0.15, 0.2) is 0 Å².